The molecule has 2 aliphatic carbocycles. The number of hydrogen-bond acceptors (Lipinski definition) is 3. The van der Waals surface area contributed by atoms with Gasteiger partial charge in [-0.25, -0.2) is 0 Å². The first kappa shape index (κ1) is 13.8. The van der Waals surface area contributed by atoms with Crippen molar-refractivity contribution in [1.29, 1.82) is 0 Å². The molecule has 116 valence electrons. The van der Waals surface area contributed by atoms with Crippen molar-refractivity contribution < 1.29 is 9.53 Å². The fraction of sp³-hybridized carbons (Fsp3) is 0.824. The summed E-state index contributed by atoms with van der Waals surface area (Å²) >= 11 is 0. The zero-order chi connectivity index (χ0) is 14.2. The number of likely N-dealkylation sites (tertiary alicyclic amines) is 1. The number of nitrogens with one attached hydrogen (secondary N) is 1. The third-order valence-corrected chi connectivity index (χ3v) is 5.91. The lowest BCUT2D eigenvalue weighted by Crippen LogP contribution is -2.45. The Bertz CT molecular complexity index is 431. The molecule has 2 heterocycles. The van der Waals surface area contributed by atoms with Gasteiger partial charge in [0, 0.05) is 25.8 Å². The number of nitrogens with zero attached hydrogens (tertiary/aromatic N) is 1. The van der Waals surface area contributed by atoms with Crippen LogP contribution in [0.25, 0.3) is 0 Å². The average Bonchev–Trinajstić information content (AvgIpc) is 3.22. The molecule has 4 aliphatic rings. The van der Waals surface area contributed by atoms with Gasteiger partial charge in [-0.1, -0.05) is 12.2 Å². The first-order valence-corrected chi connectivity index (χ1v) is 8.61. The van der Waals surface area contributed by atoms with Crippen LogP contribution in [0.15, 0.2) is 12.2 Å². The first-order valence-electron chi connectivity index (χ1n) is 8.61. The maximum atomic E-state index is 12.6. The lowest BCUT2D eigenvalue weighted by atomic mass is 9.93. The summed E-state index contributed by atoms with van der Waals surface area (Å²) < 4.78 is 5.40. The van der Waals surface area contributed by atoms with Crippen molar-refractivity contribution in [3.63, 3.8) is 0 Å². The van der Waals surface area contributed by atoms with Gasteiger partial charge in [0.25, 0.3) is 0 Å². The summed E-state index contributed by atoms with van der Waals surface area (Å²) in [5.74, 6) is 2.68. The monoisotopic (exact) mass is 290 g/mol. The molecule has 4 heteroatoms. The lowest BCUT2D eigenvalue weighted by Gasteiger charge is -2.31. The number of fused-ring (bicyclic) bond motifs is 2. The molecule has 4 nitrogen and oxygen atoms in total. The highest BCUT2D eigenvalue weighted by Gasteiger charge is 2.39. The van der Waals surface area contributed by atoms with Crippen LogP contribution in [0, 0.1) is 17.8 Å². The lowest BCUT2D eigenvalue weighted by molar-refractivity contribution is -0.133. The highest BCUT2D eigenvalue weighted by atomic mass is 16.5. The molecule has 4 rings (SSSR count). The molecule has 4 atom stereocenters. The molecule has 2 aliphatic heterocycles. The van der Waals surface area contributed by atoms with Crippen LogP contribution < -0.4 is 5.32 Å². The van der Waals surface area contributed by atoms with E-state index in [4.69, 9.17) is 4.74 Å². The molecule has 0 unspecified atom stereocenters. The Morgan fingerprint density at radius 3 is 2.76 bits per heavy atom. The van der Waals surface area contributed by atoms with Gasteiger partial charge in [-0.05, 0) is 56.4 Å². The van der Waals surface area contributed by atoms with Crippen molar-refractivity contribution in [2.75, 3.05) is 26.3 Å². The maximum absolute atomic E-state index is 12.6. The SMILES string of the molecule is O=C1[C@@H](NC[C@@H]2C[C@H]3C=C[C@H]2C3)CCN1C1CCOCC1. The largest absolute Gasteiger partial charge is 0.381 e. The topological polar surface area (TPSA) is 41.6 Å². The van der Waals surface area contributed by atoms with Crippen molar-refractivity contribution in [2.45, 2.75) is 44.2 Å². The Morgan fingerprint density at radius 2 is 2.05 bits per heavy atom. The van der Waals surface area contributed by atoms with Crippen LogP contribution in [0.4, 0.5) is 0 Å². The number of carbonyl (C=O) groups is 1. The summed E-state index contributed by atoms with van der Waals surface area (Å²) in [6.45, 7) is 3.56. The molecule has 0 aromatic heterocycles. The molecule has 3 fully saturated rings. The Labute approximate surface area is 126 Å². The second kappa shape index (κ2) is 5.73. The molecule has 0 radical (unpaired) electrons. The van der Waals surface area contributed by atoms with E-state index < -0.39 is 0 Å². The van der Waals surface area contributed by atoms with Gasteiger partial charge < -0.3 is 15.0 Å². The minimum absolute atomic E-state index is 0.0657. The number of rotatable bonds is 4. The van der Waals surface area contributed by atoms with Crippen LogP contribution in [-0.4, -0.2) is 49.2 Å². The number of hydrogen-bond donors (Lipinski definition) is 1. The van der Waals surface area contributed by atoms with Crippen LogP contribution in [0.2, 0.25) is 0 Å². The van der Waals surface area contributed by atoms with Gasteiger partial charge in [-0.2, -0.15) is 0 Å². The summed E-state index contributed by atoms with van der Waals surface area (Å²) in [7, 11) is 0. The first-order chi connectivity index (χ1) is 10.3. The Balaban J connectivity index is 1.28. The van der Waals surface area contributed by atoms with E-state index in [0.717, 1.165) is 63.3 Å². The number of ether oxygens (including phenoxy) is 1. The van der Waals surface area contributed by atoms with E-state index in [0.29, 0.717) is 11.9 Å². The van der Waals surface area contributed by atoms with Crippen LogP contribution in [0.3, 0.4) is 0 Å². The molecule has 21 heavy (non-hydrogen) atoms. The maximum Gasteiger partial charge on any atom is 0.240 e. The quantitative estimate of drug-likeness (QED) is 0.799. The molecule has 2 bridgehead atoms. The Hall–Kier alpha value is -0.870. The van der Waals surface area contributed by atoms with Crippen molar-refractivity contribution in [1.82, 2.24) is 10.2 Å². The Kier molecular flexibility index (Phi) is 3.76. The van der Waals surface area contributed by atoms with Gasteiger partial charge in [0.1, 0.15) is 0 Å². The second-order valence-corrected chi connectivity index (χ2v) is 7.17. The van der Waals surface area contributed by atoms with Crippen molar-refractivity contribution in [3.05, 3.63) is 12.2 Å². The second-order valence-electron chi connectivity index (χ2n) is 7.17. The normalized spacial score (nSPS) is 39.6. The fourth-order valence-corrected chi connectivity index (χ4v) is 4.67. The summed E-state index contributed by atoms with van der Waals surface area (Å²) in [6, 6.07) is 0.486. The molecule has 1 amide bonds. The predicted molar refractivity (Wildman–Crippen MR) is 80.8 cm³/mol. The number of allylic oxidation sites excluding steroid dienone is 2. The molecule has 1 saturated carbocycles. The van der Waals surface area contributed by atoms with Crippen LogP contribution in [0.5, 0.6) is 0 Å². The summed E-state index contributed by atoms with van der Waals surface area (Å²) in [4.78, 5) is 14.7. The Morgan fingerprint density at radius 1 is 1.19 bits per heavy atom. The predicted octanol–water partition coefficient (Wildman–Crippen LogP) is 1.57. The average molecular weight is 290 g/mol. The van der Waals surface area contributed by atoms with E-state index in [1.54, 1.807) is 0 Å². The minimum atomic E-state index is 0.0657. The number of carbonyl (C=O) groups excluding carboxylic acids is 1. The number of amides is 1. The minimum Gasteiger partial charge on any atom is -0.381 e. The van der Waals surface area contributed by atoms with Gasteiger partial charge >= 0.3 is 0 Å². The molecular formula is C17H26N2O2. The van der Waals surface area contributed by atoms with E-state index in [9.17, 15) is 4.79 Å². The smallest absolute Gasteiger partial charge is 0.240 e. The molecular weight excluding hydrogens is 264 g/mol. The summed E-state index contributed by atoms with van der Waals surface area (Å²) in [5.41, 5.74) is 0. The fourth-order valence-electron chi connectivity index (χ4n) is 4.67. The standard InChI is InChI=1S/C17H26N2O2/c20-17-16(3-6-19(17)15-4-7-21-8-5-15)18-11-14-10-12-1-2-13(14)9-12/h1-2,12-16,18H,3-11H2/t12-,13-,14-,16-/m0/s1. The van der Waals surface area contributed by atoms with Crippen LogP contribution >= 0.6 is 0 Å². The molecule has 1 N–H and O–H groups in total. The van der Waals surface area contributed by atoms with Gasteiger partial charge in [0.15, 0.2) is 0 Å². The zero-order valence-electron chi connectivity index (χ0n) is 12.7. The summed E-state index contributed by atoms with van der Waals surface area (Å²) in [6.07, 6.45) is 10.4. The summed E-state index contributed by atoms with van der Waals surface area (Å²) in [5, 5.41) is 3.57. The molecule has 0 aromatic rings. The van der Waals surface area contributed by atoms with Gasteiger partial charge in [-0.15, -0.1) is 0 Å². The van der Waals surface area contributed by atoms with E-state index in [2.05, 4.69) is 22.4 Å². The van der Waals surface area contributed by atoms with E-state index in [-0.39, 0.29) is 6.04 Å². The van der Waals surface area contributed by atoms with Gasteiger partial charge in [-0.3, -0.25) is 4.79 Å². The molecule has 0 aromatic carbocycles. The van der Waals surface area contributed by atoms with Gasteiger partial charge in [0.2, 0.25) is 5.91 Å². The zero-order valence-corrected chi connectivity index (χ0v) is 12.7. The van der Waals surface area contributed by atoms with E-state index >= 15 is 0 Å². The molecule has 2 saturated heterocycles. The van der Waals surface area contributed by atoms with Crippen molar-refractivity contribution >= 4 is 5.91 Å². The molecule has 0 spiro atoms. The van der Waals surface area contributed by atoms with Gasteiger partial charge in [0.05, 0.1) is 6.04 Å². The van der Waals surface area contributed by atoms with Crippen molar-refractivity contribution in [3.8, 4) is 0 Å². The van der Waals surface area contributed by atoms with E-state index in [1.807, 2.05) is 0 Å². The third-order valence-electron chi connectivity index (χ3n) is 5.91. The van der Waals surface area contributed by atoms with Crippen molar-refractivity contribution in [2.24, 2.45) is 17.8 Å². The third kappa shape index (κ3) is 2.64. The highest BCUT2D eigenvalue weighted by molar-refractivity contribution is 5.84. The highest BCUT2D eigenvalue weighted by Crippen LogP contribution is 2.43. The van der Waals surface area contributed by atoms with Crippen LogP contribution in [0.1, 0.15) is 32.1 Å². The van der Waals surface area contributed by atoms with E-state index in [1.165, 1.54) is 12.8 Å². The van der Waals surface area contributed by atoms with Crippen LogP contribution in [-0.2, 0) is 9.53 Å².